The second-order valence-electron chi connectivity index (χ2n) is 4.17. The third-order valence-corrected chi connectivity index (χ3v) is 3.02. The zero-order valence-corrected chi connectivity index (χ0v) is 8.60. The van der Waals surface area contributed by atoms with Crippen molar-refractivity contribution in [2.24, 2.45) is 7.05 Å². The Labute approximate surface area is 87.7 Å². The summed E-state index contributed by atoms with van der Waals surface area (Å²) in [5, 5.41) is 0. The number of aryl methyl sites for hydroxylation is 1. The van der Waals surface area contributed by atoms with Crippen LogP contribution < -0.4 is 0 Å². The van der Waals surface area contributed by atoms with E-state index >= 15 is 0 Å². The minimum Gasteiger partial charge on any atom is -0.331 e. The summed E-state index contributed by atoms with van der Waals surface area (Å²) in [6.45, 7) is 0. The van der Waals surface area contributed by atoms with Gasteiger partial charge < -0.3 is 4.57 Å². The van der Waals surface area contributed by atoms with Gasteiger partial charge in [0.25, 0.3) is 0 Å². The van der Waals surface area contributed by atoms with Gasteiger partial charge in [-0.2, -0.15) is 0 Å². The summed E-state index contributed by atoms with van der Waals surface area (Å²) in [6, 6.07) is 5.67. The molecule has 0 aliphatic heterocycles. The zero-order valence-electron chi connectivity index (χ0n) is 8.60. The van der Waals surface area contributed by atoms with Gasteiger partial charge in [-0.3, -0.25) is 4.79 Å². The van der Waals surface area contributed by atoms with Gasteiger partial charge in [-0.1, -0.05) is 0 Å². The molecule has 1 fully saturated rings. The number of carbonyl (C=O) groups excluding carboxylic acids is 1. The van der Waals surface area contributed by atoms with Crippen LogP contribution in [0.25, 0.3) is 11.0 Å². The second kappa shape index (κ2) is 2.92. The first kappa shape index (κ1) is 8.65. The van der Waals surface area contributed by atoms with E-state index in [-0.39, 0.29) is 0 Å². The van der Waals surface area contributed by atoms with Crippen molar-refractivity contribution in [2.45, 2.75) is 18.8 Å². The number of aromatic nitrogens is 2. The van der Waals surface area contributed by atoms with Crippen molar-refractivity contribution in [1.29, 1.82) is 0 Å². The molecule has 2 aromatic rings. The standard InChI is InChI=1S/C12H12N2O/c1-14-11-5-2-8(7-15)6-10(11)13-12(14)9-3-4-9/h2,5-7,9H,3-4H2,1H3. The summed E-state index contributed by atoms with van der Waals surface area (Å²) >= 11 is 0. The summed E-state index contributed by atoms with van der Waals surface area (Å²) in [6.07, 6.45) is 3.36. The number of carbonyl (C=O) groups is 1. The van der Waals surface area contributed by atoms with Gasteiger partial charge in [-0.25, -0.2) is 4.98 Å². The first-order valence-corrected chi connectivity index (χ1v) is 5.21. The average Bonchev–Trinajstić information content (AvgIpc) is 3.04. The molecule has 0 N–H and O–H groups in total. The number of hydrogen-bond acceptors (Lipinski definition) is 2. The predicted molar refractivity (Wildman–Crippen MR) is 58.1 cm³/mol. The van der Waals surface area contributed by atoms with Crippen molar-refractivity contribution in [3.63, 3.8) is 0 Å². The molecule has 1 aliphatic carbocycles. The maximum atomic E-state index is 10.7. The van der Waals surface area contributed by atoms with Gasteiger partial charge >= 0.3 is 0 Å². The molecule has 1 heterocycles. The lowest BCUT2D eigenvalue weighted by molar-refractivity contribution is 0.112. The summed E-state index contributed by atoms with van der Waals surface area (Å²) in [5.74, 6) is 1.80. The Bertz CT molecular complexity index is 538. The lowest BCUT2D eigenvalue weighted by Gasteiger charge is -1.98. The topological polar surface area (TPSA) is 34.9 Å². The van der Waals surface area contributed by atoms with Gasteiger partial charge in [0.05, 0.1) is 11.0 Å². The number of benzene rings is 1. The van der Waals surface area contributed by atoms with Crippen molar-refractivity contribution in [3.05, 3.63) is 29.6 Å². The zero-order chi connectivity index (χ0) is 10.4. The molecule has 0 saturated heterocycles. The van der Waals surface area contributed by atoms with E-state index in [1.807, 2.05) is 25.2 Å². The molecule has 0 radical (unpaired) electrons. The largest absolute Gasteiger partial charge is 0.331 e. The SMILES string of the molecule is Cn1c(C2CC2)nc2cc(C=O)ccc21. The van der Waals surface area contributed by atoms with Crippen LogP contribution in [0.5, 0.6) is 0 Å². The highest BCUT2D eigenvalue weighted by Crippen LogP contribution is 2.40. The Hall–Kier alpha value is -1.64. The molecule has 1 aromatic heterocycles. The van der Waals surface area contributed by atoms with E-state index in [2.05, 4.69) is 9.55 Å². The van der Waals surface area contributed by atoms with E-state index in [1.54, 1.807) is 0 Å². The van der Waals surface area contributed by atoms with Crippen LogP contribution >= 0.6 is 0 Å². The molecular formula is C12H12N2O. The fourth-order valence-corrected chi connectivity index (χ4v) is 2.02. The van der Waals surface area contributed by atoms with Gasteiger partial charge in [-0.15, -0.1) is 0 Å². The number of imidazole rings is 1. The number of hydrogen-bond donors (Lipinski definition) is 0. The van der Waals surface area contributed by atoms with Crippen LogP contribution in [-0.4, -0.2) is 15.8 Å². The van der Waals surface area contributed by atoms with Gasteiger partial charge in [0, 0.05) is 18.5 Å². The maximum absolute atomic E-state index is 10.7. The van der Waals surface area contributed by atoms with Crippen LogP contribution in [0, 0.1) is 0 Å². The van der Waals surface area contributed by atoms with Crippen molar-refractivity contribution in [3.8, 4) is 0 Å². The monoisotopic (exact) mass is 200 g/mol. The predicted octanol–water partition coefficient (Wildman–Crippen LogP) is 2.26. The molecule has 1 saturated carbocycles. The number of fused-ring (bicyclic) bond motifs is 1. The lowest BCUT2D eigenvalue weighted by Crippen LogP contribution is -1.94. The number of aldehydes is 1. The summed E-state index contributed by atoms with van der Waals surface area (Å²) in [4.78, 5) is 15.2. The average molecular weight is 200 g/mol. The Morgan fingerprint density at radius 3 is 2.93 bits per heavy atom. The smallest absolute Gasteiger partial charge is 0.150 e. The van der Waals surface area contributed by atoms with Crippen molar-refractivity contribution >= 4 is 17.3 Å². The van der Waals surface area contributed by atoms with E-state index < -0.39 is 0 Å². The fourth-order valence-electron chi connectivity index (χ4n) is 2.02. The highest BCUT2D eigenvalue weighted by molar-refractivity contribution is 5.85. The minimum absolute atomic E-state index is 0.641. The fraction of sp³-hybridized carbons (Fsp3) is 0.333. The molecule has 3 nitrogen and oxygen atoms in total. The molecule has 1 aromatic carbocycles. The molecule has 3 heteroatoms. The van der Waals surface area contributed by atoms with Crippen LogP contribution in [0.2, 0.25) is 0 Å². The molecule has 0 amide bonds. The third kappa shape index (κ3) is 1.27. The van der Waals surface area contributed by atoms with Crippen LogP contribution in [-0.2, 0) is 7.05 Å². The molecule has 1 aliphatic rings. The van der Waals surface area contributed by atoms with E-state index in [4.69, 9.17) is 0 Å². The van der Waals surface area contributed by atoms with Gasteiger partial charge in [-0.05, 0) is 31.0 Å². The molecule has 76 valence electrons. The summed E-state index contributed by atoms with van der Waals surface area (Å²) in [7, 11) is 2.05. The highest BCUT2D eigenvalue weighted by Gasteiger charge is 2.28. The van der Waals surface area contributed by atoms with Crippen LogP contribution in [0.1, 0.15) is 34.9 Å². The van der Waals surface area contributed by atoms with Crippen molar-refractivity contribution < 1.29 is 4.79 Å². The summed E-state index contributed by atoms with van der Waals surface area (Å²) in [5.41, 5.74) is 2.74. The molecule has 15 heavy (non-hydrogen) atoms. The normalized spacial score (nSPS) is 15.8. The first-order valence-electron chi connectivity index (χ1n) is 5.21. The van der Waals surface area contributed by atoms with Gasteiger partial charge in [0.1, 0.15) is 12.1 Å². The lowest BCUT2D eigenvalue weighted by atomic mass is 10.2. The van der Waals surface area contributed by atoms with Gasteiger partial charge in [0.2, 0.25) is 0 Å². The van der Waals surface area contributed by atoms with Crippen LogP contribution in [0.3, 0.4) is 0 Å². The number of rotatable bonds is 2. The van der Waals surface area contributed by atoms with Crippen molar-refractivity contribution in [1.82, 2.24) is 9.55 Å². The van der Waals surface area contributed by atoms with E-state index in [1.165, 1.54) is 12.8 Å². The van der Waals surface area contributed by atoms with E-state index in [9.17, 15) is 4.79 Å². The Balaban J connectivity index is 2.24. The summed E-state index contributed by atoms with van der Waals surface area (Å²) < 4.78 is 2.14. The number of nitrogens with zero attached hydrogens (tertiary/aromatic N) is 2. The van der Waals surface area contributed by atoms with Crippen molar-refractivity contribution in [2.75, 3.05) is 0 Å². The molecule has 3 rings (SSSR count). The molecule has 0 spiro atoms. The second-order valence-corrected chi connectivity index (χ2v) is 4.17. The minimum atomic E-state index is 0.641. The highest BCUT2D eigenvalue weighted by atomic mass is 16.1. The quantitative estimate of drug-likeness (QED) is 0.697. The molecule has 0 atom stereocenters. The molecule has 0 unspecified atom stereocenters. The molecular weight excluding hydrogens is 188 g/mol. The third-order valence-electron chi connectivity index (χ3n) is 3.02. The Kier molecular flexibility index (Phi) is 1.69. The first-order chi connectivity index (χ1) is 7.29. The Morgan fingerprint density at radius 2 is 2.27 bits per heavy atom. The van der Waals surface area contributed by atoms with Crippen LogP contribution in [0.15, 0.2) is 18.2 Å². The van der Waals surface area contributed by atoms with E-state index in [0.29, 0.717) is 11.5 Å². The molecule has 0 bridgehead atoms. The van der Waals surface area contributed by atoms with E-state index in [0.717, 1.165) is 23.1 Å². The maximum Gasteiger partial charge on any atom is 0.150 e. The van der Waals surface area contributed by atoms with Crippen LogP contribution in [0.4, 0.5) is 0 Å². The Morgan fingerprint density at radius 1 is 1.47 bits per heavy atom. The van der Waals surface area contributed by atoms with Gasteiger partial charge in [0.15, 0.2) is 0 Å².